The number of nitrogens with zero attached hydrogens (tertiary/aromatic N) is 3. The minimum Gasteiger partial charge on any atom is -0.333 e. The lowest BCUT2D eigenvalue weighted by Gasteiger charge is -2.20. The van der Waals surface area contributed by atoms with Gasteiger partial charge in [0.1, 0.15) is 0 Å². The van der Waals surface area contributed by atoms with E-state index in [0.29, 0.717) is 9.47 Å². The quantitative estimate of drug-likeness (QED) is 0.594. The first-order chi connectivity index (χ1) is 11.6. The molecule has 1 aliphatic carbocycles. The van der Waals surface area contributed by atoms with Crippen molar-refractivity contribution >= 4 is 46.1 Å². The van der Waals surface area contributed by atoms with E-state index in [1.165, 1.54) is 30.0 Å². The van der Waals surface area contributed by atoms with Gasteiger partial charge in [0.15, 0.2) is 4.34 Å². The Morgan fingerprint density at radius 1 is 1.28 bits per heavy atom. The number of nitrogens with one attached hydrogen (secondary N) is 2. The van der Waals surface area contributed by atoms with Gasteiger partial charge >= 0.3 is 6.03 Å². The average Bonchev–Trinajstić information content (AvgIpc) is 3.16. The Kier molecular flexibility index (Phi) is 6.04. The fraction of sp³-hybridized carbons (Fsp3) is 0.667. The summed E-state index contributed by atoms with van der Waals surface area (Å²) in [5, 5.41) is 13.1. The molecule has 25 heavy (non-hydrogen) atoms. The molecule has 4 amide bonds. The Bertz CT molecular complexity index is 666. The molecule has 1 aliphatic rings. The first kappa shape index (κ1) is 19.6. The molecule has 0 spiro atoms. The third-order valence-corrected chi connectivity index (χ3v) is 5.33. The third kappa shape index (κ3) is 5.96. The van der Waals surface area contributed by atoms with Gasteiger partial charge in [0.2, 0.25) is 16.9 Å². The molecule has 1 unspecified atom stereocenters. The van der Waals surface area contributed by atoms with E-state index in [4.69, 9.17) is 0 Å². The van der Waals surface area contributed by atoms with Crippen LogP contribution in [-0.2, 0) is 9.59 Å². The van der Waals surface area contributed by atoms with Gasteiger partial charge in [-0.1, -0.05) is 23.1 Å². The zero-order valence-electron chi connectivity index (χ0n) is 15.0. The van der Waals surface area contributed by atoms with E-state index in [0.717, 1.165) is 12.8 Å². The Balaban J connectivity index is 1.92. The van der Waals surface area contributed by atoms with E-state index < -0.39 is 22.7 Å². The largest absolute Gasteiger partial charge is 0.333 e. The molecule has 1 atom stereocenters. The van der Waals surface area contributed by atoms with Crippen molar-refractivity contribution in [2.75, 3.05) is 4.90 Å². The number of carbonyl (C=O) groups is 3. The number of amides is 4. The van der Waals surface area contributed by atoms with Crippen molar-refractivity contribution in [1.82, 2.24) is 20.8 Å². The Morgan fingerprint density at radius 3 is 2.44 bits per heavy atom. The smallest absolute Gasteiger partial charge is 0.321 e. The third-order valence-electron chi connectivity index (χ3n) is 3.23. The molecule has 10 heteroatoms. The zero-order valence-corrected chi connectivity index (χ0v) is 16.6. The van der Waals surface area contributed by atoms with Crippen LogP contribution in [0.25, 0.3) is 0 Å². The van der Waals surface area contributed by atoms with Gasteiger partial charge < -0.3 is 5.32 Å². The van der Waals surface area contributed by atoms with Crippen molar-refractivity contribution in [1.29, 1.82) is 0 Å². The minimum atomic E-state index is -0.528. The number of aromatic nitrogens is 2. The first-order valence-corrected chi connectivity index (χ1v) is 9.69. The van der Waals surface area contributed by atoms with Crippen LogP contribution in [0.4, 0.5) is 9.93 Å². The van der Waals surface area contributed by atoms with Crippen LogP contribution in [0, 0.1) is 0 Å². The van der Waals surface area contributed by atoms with Gasteiger partial charge in [-0.15, -0.1) is 10.2 Å². The van der Waals surface area contributed by atoms with Crippen LogP contribution >= 0.6 is 23.1 Å². The van der Waals surface area contributed by atoms with Crippen LogP contribution in [0.5, 0.6) is 0 Å². The summed E-state index contributed by atoms with van der Waals surface area (Å²) < 4.78 is 0.584. The summed E-state index contributed by atoms with van der Waals surface area (Å²) in [4.78, 5) is 37.3. The van der Waals surface area contributed by atoms with E-state index in [9.17, 15) is 14.4 Å². The second-order valence-corrected chi connectivity index (χ2v) is 9.47. The van der Waals surface area contributed by atoms with Crippen LogP contribution in [0.1, 0.15) is 47.5 Å². The molecule has 0 aliphatic heterocycles. The monoisotopic (exact) mass is 385 g/mol. The van der Waals surface area contributed by atoms with Gasteiger partial charge in [-0.05, 0) is 40.5 Å². The molecular formula is C15H23N5O3S2. The molecule has 8 nitrogen and oxygen atoms in total. The zero-order chi connectivity index (χ0) is 18.8. The van der Waals surface area contributed by atoms with Gasteiger partial charge in [0, 0.05) is 18.5 Å². The molecular weight excluding hydrogens is 362 g/mol. The van der Waals surface area contributed by atoms with Crippen LogP contribution < -0.4 is 15.5 Å². The van der Waals surface area contributed by atoms with Gasteiger partial charge in [-0.3, -0.25) is 19.8 Å². The minimum absolute atomic E-state index is 0.0557. The van der Waals surface area contributed by atoms with Crippen LogP contribution in [-0.4, -0.2) is 44.9 Å². The van der Waals surface area contributed by atoms with Gasteiger partial charge in [0.05, 0.1) is 5.25 Å². The number of anilines is 1. The maximum Gasteiger partial charge on any atom is 0.321 e. The summed E-state index contributed by atoms with van der Waals surface area (Å²) in [5.74, 6) is -0.464. The molecule has 0 bridgehead atoms. The fourth-order valence-corrected chi connectivity index (χ4v) is 4.12. The summed E-state index contributed by atoms with van der Waals surface area (Å²) in [6.07, 6.45) is 1.95. The van der Waals surface area contributed by atoms with E-state index in [2.05, 4.69) is 20.8 Å². The molecule has 1 saturated carbocycles. The van der Waals surface area contributed by atoms with Gasteiger partial charge in [-0.25, -0.2) is 4.79 Å². The fourth-order valence-electron chi connectivity index (χ4n) is 2.02. The highest BCUT2D eigenvalue weighted by molar-refractivity contribution is 8.02. The number of hydrogen-bond donors (Lipinski definition) is 2. The second kappa shape index (κ2) is 7.69. The molecule has 0 saturated heterocycles. The lowest BCUT2D eigenvalue weighted by molar-refractivity contribution is -0.119. The molecule has 2 N–H and O–H groups in total. The molecule has 1 heterocycles. The number of urea groups is 1. The highest BCUT2D eigenvalue weighted by atomic mass is 32.2. The van der Waals surface area contributed by atoms with E-state index in [1.807, 2.05) is 20.8 Å². The van der Waals surface area contributed by atoms with Crippen molar-refractivity contribution in [2.24, 2.45) is 0 Å². The molecule has 0 radical (unpaired) electrons. The average molecular weight is 386 g/mol. The summed E-state index contributed by atoms with van der Waals surface area (Å²) in [6, 6.07) is -0.315. The van der Waals surface area contributed by atoms with E-state index >= 15 is 0 Å². The predicted octanol–water partition coefficient (Wildman–Crippen LogP) is 2.16. The van der Waals surface area contributed by atoms with E-state index in [-0.39, 0.29) is 11.9 Å². The van der Waals surface area contributed by atoms with Crippen molar-refractivity contribution in [3.8, 4) is 0 Å². The topological polar surface area (TPSA) is 104 Å². The molecule has 1 aromatic heterocycles. The number of imide groups is 1. The Morgan fingerprint density at radius 2 is 1.92 bits per heavy atom. The van der Waals surface area contributed by atoms with Gasteiger partial charge in [-0.2, -0.15) is 0 Å². The first-order valence-electron chi connectivity index (χ1n) is 8.00. The summed E-state index contributed by atoms with van der Waals surface area (Å²) in [6.45, 7) is 8.70. The van der Waals surface area contributed by atoms with Crippen molar-refractivity contribution in [3.63, 3.8) is 0 Å². The van der Waals surface area contributed by atoms with Crippen LogP contribution in [0.2, 0.25) is 0 Å². The number of carbonyl (C=O) groups excluding carboxylic acids is 3. The molecule has 0 aromatic carbocycles. The van der Waals surface area contributed by atoms with Gasteiger partial charge in [0.25, 0.3) is 0 Å². The van der Waals surface area contributed by atoms with Crippen LogP contribution in [0.3, 0.4) is 0 Å². The molecule has 2 rings (SSSR count). The lowest BCUT2D eigenvalue weighted by atomic mass is 10.1. The number of rotatable bonds is 5. The molecule has 138 valence electrons. The lowest BCUT2D eigenvalue weighted by Crippen LogP contribution is -2.49. The summed E-state index contributed by atoms with van der Waals surface area (Å²) in [5.41, 5.74) is -0.423. The highest BCUT2D eigenvalue weighted by Crippen LogP contribution is 2.36. The maximum atomic E-state index is 12.1. The van der Waals surface area contributed by atoms with Crippen molar-refractivity contribution < 1.29 is 14.4 Å². The maximum absolute atomic E-state index is 12.1. The Hall–Kier alpha value is -1.68. The SMILES string of the molecule is CC(=O)N(c1nnc(SC(C)C(=O)NC(=O)NC(C)(C)C)s1)C1CC1. The normalized spacial score (nSPS) is 15.4. The predicted molar refractivity (Wildman–Crippen MR) is 97.8 cm³/mol. The molecule has 1 fully saturated rings. The van der Waals surface area contributed by atoms with E-state index in [1.54, 1.807) is 11.8 Å². The number of hydrogen-bond acceptors (Lipinski definition) is 7. The summed E-state index contributed by atoms with van der Waals surface area (Å²) in [7, 11) is 0. The second-order valence-electron chi connectivity index (χ2n) is 6.92. The standard InChI is InChI=1S/C15H23N5O3S2/c1-8(11(22)16-12(23)17-15(3,4)5)24-14-19-18-13(25-14)20(9(2)21)10-6-7-10/h8,10H,6-7H2,1-5H3,(H2,16,17,22,23). The summed E-state index contributed by atoms with van der Waals surface area (Å²) >= 11 is 2.49. The Labute approximate surface area is 155 Å². The van der Waals surface area contributed by atoms with Crippen molar-refractivity contribution in [3.05, 3.63) is 0 Å². The van der Waals surface area contributed by atoms with Crippen LogP contribution in [0.15, 0.2) is 4.34 Å². The molecule has 1 aromatic rings. The van der Waals surface area contributed by atoms with Crippen molar-refractivity contribution in [2.45, 2.75) is 68.6 Å². The number of thioether (sulfide) groups is 1. The highest BCUT2D eigenvalue weighted by Gasteiger charge is 2.34.